The quantitative estimate of drug-likeness (QED) is 0.730. The van der Waals surface area contributed by atoms with Crippen LogP contribution in [0.5, 0.6) is 0 Å². The third kappa shape index (κ3) is 6.08. The van der Waals surface area contributed by atoms with Gasteiger partial charge in [0, 0.05) is 18.7 Å². The molecule has 4 heteroatoms. The lowest BCUT2D eigenvalue weighted by Crippen LogP contribution is -2.28. The lowest BCUT2D eigenvalue weighted by molar-refractivity contribution is 0.548. The summed E-state index contributed by atoms with van der Waals surface area (Å²) in [6.45, 7) is 3.71. The largest absolute Gasteiger partial charge is 0.327 e. The molecule has 0 aliphatic heterocycles. The van der Waals surface area contributed by atoms with Crippen molar-refractivity contribution in [3.63, 3.8) is 0 Å². The third-order valence-electron chi connectivity index (χ3n) is 3.84. The fourth-order valence-corrected chi connectivity index (χ4v) is 2.61. The molecule has 0 radical (unpaired) electrons. The van der Waals surface area contributed by atoms with Crippen LogP contribution in [-0.4, -0.2) is 12.6 Å². The molecule has 2 rings (SSSR count). The van der Waals surface area contributed by atoms with Crippen molar-refractivity contribution in [2.45, 2.75) is 38.8 Å². The fourth-order valence-electron chi connectivity index (χ4n) is 2.61. The molecule has 2 aromatic rings. The lowest BCUT2D eigenvalue weighted by Gasteiger charge is -2.13. The van der Waals surface area contributed by atoms with Crippen molar-refractivity contribution >= 4 is 0 Å². The molecule has 3 N–H and O–H groups in total. The second-order valence-electron chi connectivity index (χ2n) is 5.88. The fraction of sp³-hybridized carbons (Fsp3) is 0.368. The molecular formula is C19H24F2N2. The topological polar surface area (TPSA) is 38.0 Å². The predicted molar refractivity (Wildman–Crippen MR) is 90.2 cm³/mol. The Morgan fingerprint density at radius 2 is 1.70 bits per heavy atom. The number of nitrogens with one attached hydrogen (secondary N) is 1. The van der Waals surface area contributed by atoms with Gasteiger partial charge in [-0.25, -0.2) is 8.78 Å². The Bertz CT molecular complexity index is 608. The Morgan fingerprint density at radius 1 is 1.00 bits per heavy atom. The van der Waals surface area contributed by atoms with Crippen LogP contribution >= 0.6 is 0 Å². The van der Waals surface area contributed by atoms with Crippen LogP contribution in [0.25, 0.3) is 0 Å². The summed E-state index contributed by atoms with van der Waals surface area (Å²) in [6.07, 6.45) is 2.26. The molecule has 2 nitrogen and oxygen atoms in total. The summed E-state index contributed by atoms with van der Waals surface area (Å²) in [5.74, 6) is -1.11. The normalized spacial score (nSPS) is 12.3. The molecule has 2 aromatic carbocycles. The maximum atomic E-state index is 13.1. The van der Waals surface area contributed by atoms with E-state index in [1.54, 1.807) is 0 Å². The van der Waals surface area contributed by atoms with Crippen LogP contribution in [0.3, 0.4) is 0 Å². The summed E-state index contributed by atoms with van der Waals surface area (Å²) in [4.78, 5) is 0. The van der Waals surface area contributed by atoms with Crippen molar-refractivity contribution in [1.29, 1.82) is 0 Å². The molecule has 1 atom stereocenters. The molecule has 0 unspecified atom stereocenters. The lowest BCUT2D eigenvalue weighted by atomic mass is 10.0. The molecule has 0 saturated carbocycles. The van der Waals surface area contributed by atoms with Gasteiger partial charge in [-0.3, -0.25) is 0 Å². The van der Waals surface area contributed by atoms with Gasteiger partial charge in [0.1, 0.15) is 11.6 Å². The van der Waals surface area contributed by atoms with Crippen molar-refractivity contribution in [1.82, 2.24) is 5.32 Å². The Hall–Kier alpha value is -1.78. The van der Waals surface area contributed by atoms with Crippen LogP contribution in [0.4, 0.5) is 8.78 Å². The Morgan fingerprint density at radius 3 is 2.39 bits per heavy atom. The Labute approximate surface area is 136 Å². The first-order valence-corrected chi connectivity index (χ1v) is 8.06. The molecule has 23 heavy (non-hydrogen) atoms. The number of benzene rings is 2. The first kappa shape index (κ1) is 17.6. The maximum Gasteiger partial charge on any atom is 0.126 e. The Kier molecular flexibility index (Phi) is 6.68. The minimum absolute atomic E-state index is 0.120. The van der Waals surface area contributed by atoms with E-state index in [0.29, 0.717) is 12.0 Å². The van der Waals surface area contributed by atoms with E-state index in [-0.39, 0.29) is 6.04 Å². The van der Waals surface area contributed by atoms with E-state index in [4.69, 9.17) is 5.73 Å². The van der Waals surface area contributed by atoms with Gasteiger partial charge in [0.05, 0.1) is 0 Å². The summed E-state index contributed by atoms with van der Waals surface area (Å²) in [6, 6.07) is 11.9. The monoisotopic (exact) mass is 318 g/mol. The van der Waals surface area contributed by atoms with Crippen LogP contribution < -0.4 is 11.1 Å². The second-order valence-corrected chi connectivity index (χ2v) is 5.88. The van der Waals surface area contributed by atoms with E-state index in [9.17, 15) is 8.78 Å². The van der Waals surface area contributed by atoms with Crippen molar-refractivity contribution in [3.8, 4) is 0 Å². The van der Waals surface area contributed by atoms with Gasteiger partial charge < -0.3 is 11.1 Å². The van der Waals surface area contributed by atoms with E-state index in [2.05, 4.69) is 36.5 Å². The summed E-state index contributed by atoms with van der Waals surface area (Å²) in [5, 5.41) is 3.36. The molecule has 0 fully saturated rings. The van der Waals surface area contributed by atoms with Gasteiger partial charge in [-0.15, -0.1) is 0 Å². The zero-order valence-electron chi connectivity index (χ0n) is 13.5. The summed E-state index contributed by atoms with van der Waals surface area (Å²) >= 11 is 0. The SMILES string of the molecule is CCc1cccc(CNCC[C@H](N)Cc2cc(F)cc(F)c2)c1. The standard InChI is InChI=1S/C19H24F2N2/c1-2-14-4-3-5-15(8-14)13-23-7-6-19(22)11-16-9-17(20)12-18(21)10-16/h3-5,8-10,12,19,23H,2,6-7,11,13,22H2,1H3/t19-/m0/s1. The average Bonchev–Trinajstić information content (AvgIpc) is 2.51. The smallest absolute Gasteiger partial charge is 0.126 e. The highest BCUT2D eigenvalue weighted by molar-refractivity contribution is 5.23. The number of hydrogen-bond donors (Lipinski definition) is 2. The van der Waals surface area contributed by atoms with Gasteiger partial charge in [-0.05, 0) is 54.6 Å². The Balaban J connectivity index is 1.73. The highest BCUT2D eigenvalue weighted by Crippen LogP contribution is 2.10. The summed E-state index contributed by atoms with van der Waals surface area (Å²) in [7, 11) is 0. The molecule has 0 aliphatic rings. The number of aryl methyl sites for hydroxylation is 1. The van der Waals surface area contributed by atoms with E-state index >= 15 is 0 Å². The molecule has 0 bridgehead atoms. The molecular weight excluding hydrogens is 294 g/mol. The highest BCUT2D eigenvalue weighted by Gasteiger charge is 2.07. The van der Waals surface area contributed by atoms with Gasteiger partial charge in [0.15, 0.2) is 0 Å². The van der Waals surface area contributed by atoms with Gasteiger partial charge in [0.2, 0.25) is 0 Å². The van der Waals surface area contributed by atoms with E-state index < -0.39 is 11.6 Å². The van der Waals surface area contributed by atoms with Gasteiger partial charge in [0.25, 0.3) is 0 Å². The molecule has 0 aromatic heterocycles. The van der Waals surface area contributed by atoms with Crippen molar-refractivity contribution in [3.05, 3.63) is 70.8 Å². The number of rotatable bonds is 8. The van der Waals surface area contributed by atoms with Gasteiger partial charge >= 0.3 is 0 Å². The van der Waals surface area contributed by atoms with Crippen molar-refractivity contribution < 1.29 is 8.78 Å². The van der Waals surface area contributed by atoms with E-state index in [1.807, 2.05) is 0 Å². The molecule has 0 aliphatic carbocycles. The predicted octanol–water partition coefficient (Wildman–Crippen LogP) is 3.58. The molecule has 0 heterocycles. The van der Waals surface area contributed by atoms with E-state index in [0.717, 1.165) is 32.0 Å². The minimum atomic E-state index is -0.555. The first-order chi connectivity index (χ1) is 11.1. The third-order valence-corrected chi connectivity index (χ3v) is 3.84. The van der Waals surface area contributed by atoms with Crippen LogP contribution in [0.1, 0.15) is 30.0 Å². The van der Waals surface area contributed by atoms with Crippen LogP contribution in [0, 0.1) is 11.6 Å². The molecule has 124 valence electrons. The van der Waals surface area contributed by atoms with Crippen molar-refractivity contribution in [2.24, 2.45) is 5.73 Å². The number of nitrogens with two attached hydrogens (primary N) is 1. The number of halogens is 2. The molecule has 0 spiro atoms. The van der Waals surface area contributed by atoms with Gasteiger partial charge in [-0.2, -0.15) is 0 Å². The van der Waals surface area contributed by atoms with E-state index in [1.165, 1.54) is 23.3 Å². The number of hydrogen-bond acceptors (Lipinski definition) is 2. The molecule has 0 amide bonds. The van der Waals surface area contributed by atoms with Crippen LogP contribution in [0.15, 0.2) is 42.5 Å². The second kappa shape index (κ2) is 8.75. The van der Waals surface area contributed by atoms with Crippen molar-refractivity contribution in [2.75, 3.05) is 6.54 Å². The zero-order chi connectivity index (χ0) is 16.7. The minimum Gasteiger partial charge on any atom is -0.327 e. The zero-order valence-corrected chi connectivity index (χ0v) is 13.5. The maximum absolute atomic E-state index is 13.1. The van der Waals surface area contributed by atoms with Gasteiger partial charge in [-0.1, -0.05) is 31.2 Å². The van der Waals surface area contributed by atoms with Crippen LogP contribution in [-0.2, 0) is 19.4 Å². The van der Waals surface area contributed by atoms with Crippen LogP contribution in [0.2, 0.25) is 0 Å². The molecule has 0 saturated heterocycles. The highest BCUT2D eigenvalue weighted by atomic mass is 19.1. The summed E-state index contributed by atoms with van der Waals surface area (Å²) < 4.78 is 26.3. The average molecular weight is 318 g/mol. The summed E-state index contributed by atoms with van der Waals surface area (Å²) in [5.41, 5.74) is 9.23. The first-order valence-electron chi connectivity index (χ1n) is 8.06.